The first-order valence-corrected chi connectivity index (χ1v) is 29.8. The Kier molecular flexibility index (Phi) is 22.4. The van der Waals surface area contributed by atoms with Crippen molar-refractivity contribution in [2.24, 2.45) is 0 Å². The second-order valence-electron chi connectivity index (χ2n) is 20.3. The van der Waals surface area contributed by atoms with E-state index in [0.29, 0.717) is 34.0 Å². The molecule has 0 aliphatic heterocycles. The molecule has 4 N–H and O–H groups in total. The molecule has 0 spiro atoms. The SMILES string of the molecule is [AlH][O]c1ccncc1-c1nc2ccccc2o1.[Be+2].[Be+2].[Be+2].[Be+2].[O-]c1cccnc1-c1[nH+]ccc2ccccc12.[O-]c1ccncc1-c1cc2c(c[nH+]1)oc1ccccc12.[O-]c1ccncc1-c1cc2ccccc2c[nH+]1.[O-]c1cnccc1-c1cc2c(c[nH+]1)sc1ccccc12. The molecule has 12 aromatic heterocycles. The van der Waals surface area contributed by atoms with Crippen molar-refractivity contribution in [1.82, 2.24) is 29.9 Å². The fraction of sp³-hybridized carbons (Fsp3) is 0. The zero-order valence-electron chi connectivity index (χ0n) is 50.8. The van der Waals surface area contributed by atoms with E-state index in [4.69, 9.17) is 12.6 Å². The van der Waals surface area contributed by atoms with Crippen LogP contribution in [-0.4, -0.2) is 87.0 Å². The van der Waals surface area contributed by atoms with Crippen LogP contribution in [0, 0.1) is 0 Å². The van der Waals surface area contributed by atoms with E-state index in [-0.39, 0.29) is 63.5 Å². The number of oxazole rings is 1. The van der Waals surface area contributed by atoms with Crippen LogP contribution in [0.5, 0.6) is 28.7 Å². The first-order valence-electron chi connectivity index (χ1n) is 28.4. The molecule has 17 nitrogen and oxygen atoms in total. The van der Waals surface area contributed by atoms with Gasteiger partial charge in [0, 0.05) is 117 Å². The van der Waals surface area contributed by atoms with Gasteiger partial charge in [0.15, 0.2) is 29.8 Å². The van der Waals surface area contributed by atoms with Crippen LogP contribution < -0.4 is 44.2 Å². The molecule has 0 atom stereocenters. The van der Waals surface area contributed by atoms with Crippen LogP contribution in [0.15, 0.2) is 271 Å². The van der Waals surface area contributed by atoms with E-state index in [1.54, 1.807) is 72.9 Å². The number of nitrogens with zero attached hydrogens (tertiary/aromatic N) is 6. The molecule has 0 aliphatic carbocycles. The maximum absolute atomic E-state index is 11.9. The number of furan rings is 1. The van der Waals surface area contributed by atoms with Crippen molar-refractivity contribution in [1.29, 1.82) is 0 Å². The first-order chi connectivity index (χ1) is 44.7. The van der Waals surface area contributed by atoms with Crippen LogP contribution in [0.3, 0.4) is 0 Å². The van der Waals surface area contributed by atoms with Crippen molar-refractivity contribution in [3.63, 3.8) is 0 Å². The molecule has 0 bridgehead atoms. The summed E-state index contributed by atoms with van der Waals surface area (Å²) in [5, 5.41) is 56.0. The summed E-state index contributed by atoms with van der Waals surface area (Å²) in [5.41, 5.74) is 9.35. The first kappa shape index (κ1) is 68.0. The number of fused-ring (bicyclic) bond motifs is 9. The largest absolute Gasteiger partial charge is 2.00 e. The van der Waals surface area contributed by atoms with Crippen molar-refractivity contribution in [2.45, 2.75) is 0 Å². The van der Waals surface area contributed by atoms with Gasteiger partial charge in [0.05, 0.1) is 32.5 Å². The Morgan fingerprint density at radius 3 is 1.72 bits per heavy atom. The fourth-order valence-corrected chi connectivity index (χ4v) is 11.6. The summed E-state index contributed by atoms with van der Waals surface area (Å²) in [6.07, 6.45) is 21.6. The molecule has 0 aliphatic rings. The summed E-state index contributed by atoms with van der Waals surface area (Å²) >= 11 is 3.16. The Bertz CT molecular complexity index is 5260. The average molecular weight is 1260 g/mol. The second kappa shape index (κ2) is 31.3. The molecule has 0 amide bonds. The van der Waals surface area contributed by atoms with Gasteiger partial charge < -0.3 is 33.0 Å². The van der Waals surface area contributed by atoms with Crippen LogP contribution in [0.1, 0.15) is 0 Å². The summed E-state index contributed by atoms with van der Waals surface area (Å²) in [7, 11) is 0. The van der Waals surface area contributed by atoms with E-state index < -0.39 is 0 Å². The van der Waals surface area contributed by atoms with Gasteiger partial charge in [-0.3, -0.25) is 24.9 Å². The molecule has 0 saturated carbocycles. The zero-order chi connectivity index (χ0) is 62.0. The average Bonchev–Trinajstić information content (AvgIpc) is 1.72. The molecule has 17 rings (SSSR count). The van der Waals surface area contributed by atoms with E-state index in [1.807, 2.05) is 152 Å². The third-order valence-electron chi connectivity index (χ3n) is 14.7. The number of aromatic nitrogens is 10. The maximum atomic E-state index is 11.9. The number of aromatic amines is 4. The van der Waals surface area contributed by atoms with Gasteiger partial charge >= 0.3 is 57.1 Å². The number of H-pyrrole nitrogens is 4. The molecule has 5 aromatic carbocycles. The van der Waals surface area contributed by atoms with Crippen molar-refractivity contribution in [2.75, 3.05) is 0 Å². The molecular weight excluding hydrogens is 1210 g/mol. The van der Waals surface area contributed by atoms with Crippen LogP contribution in [0.4, 0.5) is 0 Å². The van der Waals surface area contributed by atoms with Crippen molar-refractivity contribution in [3.8, 4) is 85.4 Å². The normalized spacial score (nSPS) is 10.4. The van der Waals surface area contributed by atoms with Gasteiger partial charge in [-0.15, -0.1) is 11.3 Å². The molecule has 12 heterocycles. The minimum atomic E-state index is -0.0693. The Hall–Kier alpha value is -11.3. The summed E-state index contributed by atoms with van der Waals surface area (Å²) in [6, 6.07) is 57.3. The third kappa shape index (κ3) is 15.0. The Morgan fingerprint density at radius 2 is 0.989 bits per heavy atom. The van der Waals surface area contributed by atoms with E-state index in [9.17, 15) is 20.4 Å². The maximum Gasteiger partial charge on any atom is 2.00 e. The van der Waals surface area contributed by atoms with Crippen LogP contribution in [0.25, 0.3) is 131 Å². The van der Waals surface area contributed by atoms with Gasteiger partial charge in [0.2, 0.25) is 34.9 Å². The number of nitrogens with one attached hydrogen (secondary N) is 4. The summed E-state index contributed by atoms with van der Waals surface area (Å²) in [4.78, 5) is 37.0. The minimum Gasteiger partial charge on any atom is -0.872 e. The molecule has 1 radical (unpaired) electrons. The smallest absolute Gasteiger partial charge is 0.872 e. The van der Waals surface area contributed by atoms with Crippen molar-refractivity contribution < 1.29 is 53.0 Å². The van der Waals surface area contributed by atoms with Crippen molar-refractivity contribution in [3.05, 3.63) is 263 Å². The number of hydrogen-bond acceptors (Lipinski definition) is 14. The van der Waals surface area contributed by atoms with Crippen LogP contribution in [-0.2, 0) is 0 Å². The number of pyridine rings is 9. The summed E-state index contributed by atoms with van der Waals surface area (Å²) < 4.78 is 19.1. The molecule has 23 heteroatoms. The third-order valence-corrected chi connectivity index (χ3v) is 16.1. The summed E-state index contributed by atoms with van der Waals surface area (Å²) in [5.74, 6) is 1.03. The molecular formula is C72H48AlBe4N10O7S+8. The Labute approximate surface area is 570 Å². The van der Waals surface area contributed by atoms with Gasteiger partial charge in [-0.05, 0) is 65.4 Å². The van der Waals surface area contributed by atoms with E-state index in [0.717, 1.165) is 82.9 Å². The molecule has 17 aromatic rings. The van der Waals surface area contributed by atoms with Gasteiger partial charge in [-0.25, -0.2) is 24.9 Å². The fourth-order valence-electron chi connectivity index (χ4n) is 10.3. The monoisotopic (exact) mass is 1260 g/mol. The quantitative estimate of drug-likeness (QED) is 0.141. The van der Waals surface area contributed by atoms with Gasteiger partial charge in [-0.2, -0.15) is 0 Å². The number of benzene rings is 5. The van der Waals surface area contributed by atoms with Gasteiger partial charge in [0.1, 0.15) is 16.8 Å². The molecule has 0 saturated heterocycles. The number of para-hydroxylation sites is 3. The van der Waals surface area contributed by atoms with E-state index >= 15 is 0 Å². The standard InChI is InChI=1S/C16H10N2O2.C16H10N2OS.2C14H10N2O.C12H8N2O2.Al.4Be.H/c19-14-5-6-17-8-12(14)13-7-11-10-3-1-2-4-15(10)20-16(11)9-18-13;19-14-8-17-6-5-11(14)13-7-12-10-3-1-2-4-15(10)20-16(12)9-18-13;17-12-6-3-8-15-14(12)13-11-5-2-1-4-10(11)7-9-16-13;17-14-5-6-15-9-12(14)13-7-10-3-1-2-4-11(10)8-16-13;15-10-5-6-13-7-8(10)12-14-9-3-1-2-4-11(9)16-12;;;;;;/h1-9H,(H,17,19);1-9,19H;1-9,17H;1-9H,(H,15,17);1-7H,(H,13,15);;;;;;/q;;;;;+1;4*+2;/p-1. The molecule has 0 fully saturated rings. The second-order valence-corrected chi connectivity index (χ2v) is 21.7. The predicted octanol–water partition coefficient (Wildman–Crippen LogP) is 9.68. The number of rotatable bonds is 6. The van der Waals surface area contributed by atoms with Crippen LogP contribution in [0.2, 0.25) is 0 Å². The van der Waals surface area contributed by atoms with Gasteiger partial charge in [-0.1, -0.05) is 126 Å². The minimum absolute atomic E-state index is 0. The van der Waals surface area contributed by atoms with E-state index in [2.05, 4.69) is 62.0 Å². The summed E-state index contributed by atoms with van der Waals surface area (Å²) in [6.45, 7) is 0. The van der Waals surface area contributed by atoms with Gasteiger partial charge in [0.25, 0.3) is 0 Å². The predicted molar refractivity (Wildman–Crippen MR) is 366 cm³/mol. The Morgan fingerprint density at radius 1 is 0.400 bits per heavy atom. The van der Waals surface area contributed by atoms with E-state index in [1.165, 1.54) is 73.6 Å². The zero-order valence-corrected chi connectivity index (χ0v) is 53.0. The Balaban J connectivity index is 0.000000138. The molecule has 0 unspecified atom stereocenters. The number of thiophene rings is 1. The molecule has 437 valence electrons. The number of hydrogen-bond donors (Lipinski definition) is 0. The van der Waals surface area contributed by atoms with Crippen molar-refractivity contribution >= 4 is 143 Å². The molecule has 95 heavy (non-hydrogen) atoms. The van der Waals surface area contributed by atoms with Crippen LogP contribution >= 0.6 is 11.3 Å². The topological polar surface area (TPSA) is 262 Å².